The van der Waals surface area contributed by atoms with Crippen molar-refractivity contribution in [3.05, 3.63) is 108 Å². The van der Waals surface area contributed by atoms with E-state index in [1.165, 1.54) is 40.2 Å². The number of nitrogens with one attached hydrogen (secondary N) is 1. The van der Waals surface area contributed by atoms with E-state index in [4.69, 9.17) is 17.3 Å². The second-order valence-electron chi connectivity index (χ2n) is 9.85. The molecule has 1 aromatic carbocycles. The van der Waals surface area contributed by atoms with Crippen molar-refractivity contribution in [3.8, 4) is 27.9 Å². The lowest BCUT2D eigenvalue weighted by atomic mass is 10.0. The number of tetrazole rings is 1. The third-order valence-corrected chi connectivity index (χ3v) is 7.13. The second-order valence-corrected chi connectivity index (χ2v) is 10.3. The van der Waals surface area contributed by atoms with E-state index in [-0.39, 0.29) is 29.1 Å². The number of rotatable bonds is 9. The van der Waals surface area contributed by atoms with Crippen LogP contribution >= 0.6 is 11.6 Å². The molecule has 1 unspecified atom stereocenters. The number of halogens is 5. The highest BCUT2D eigenvalue weighted by atomic mass is 35.5. The molecule has 0 aliphatic carbocycles. The minimum atomic E-state index is -4.61. The van der Waals surface area contributed by atoms with Crippen LogP contribution in [-0.2, 0) is 23.9 Å². The van der Waals surface area contributed by atoms with E-state index in [2.05, 4.69) is 35.7 Å². The Morgan fingerprint density at radius 1 is 1.07 bits per heavy atom. The molecule has 0 saturated heterocycles. The summed E-state index contributed by atoms with van der Waals surface area (Å²) in [4.78, 5) is 19.4. The maximum atomic E-state index is 15.3. The van der Waals surface area contributed by atoms with Gasteiger partial charge in [-0.15, -0.1) is 4.68 Å². The number of aromatic amines is 1. The molecule has 17 heteroatoms. The summed E-state index contributed by atoms with van der Waals surface area (Å²) >= 11 is 6.11. The molecule has 6 aromatic rings. The predicted octanol–water partition coefficient (Wildman–Crippen LogP) is 3.73. The number of pyridine rings is 2. The maximum absolute atomic E-state index is 15.3. The number of amides is 1. The van der Waals surface area contributed by atoms with Crippen LogP contribution < -0.4 is 10.4 Å². The third-order valence-electron chi connectivity index (χ3n) is 6.84. The molecular weight excluding hydrogens is 618 g/mol. The SMILES string of the molecule is NC(=O)Cc1ccn(CC(c2ccc(-c3c(-[n+]4cnn[nH]4)ccc(Cl)c3F)cn2)n2cc(-c3ccnc(C(F)(F)F)c3)cn2)n1. The lowest BCUT2D eigenvalue weighted by Crippen LogP contribution is -2.33. The number of hydrogen-bond donors (Lipinski definition) is 2. The van der Waals surface area contributed by atoms with Crippen LogP contribution in [0.5, 0.6) is 0 Å². The molecule has 0 spiro atoms. The molecule has 228 valence electrons. The van der Waals surface area contributed by atoms with Gasteiger partial charge >= 0.3 is 6.18 Å². The molecule has 0 fully saturated rings. The minimum Gasteiger partial charge on any atom is -0.369 e. The summed E-state index contributed by atoms with van der Waals surface area (Å²) < 4.78 is 59.8. The van der Waals surface area contributed by atoms with Crippen molar-refractivity contribution in [1.29, 1.82) is 0 Å². The first-order valence-electron chi connectivity index (χ1n) is 13.2. The van der Waals surface area contributed by atoms with E-state index in [1.54, 1.807) is 41.3 Å². The lowest BCUT2D eigenvalue weighted by Gasteiger charge is -2.18. The smallest absolute Gasteiger partial charge is 0.369 e. The molecule has 1 amide bonds. The second kappa shape index (κ2) is 11.9. The lowest BCUT2D eigenvalue weighted by molar-refractivity contribution is -0.659. The predicted molar refractivity (Wildman–Crippen MR) is 150 cm³/mol. The number of alkyl halides is 3. The molecule has 0 saturated carbocycles. The Balaban J connectivity index is 1.38. The van der Waals surface area contributed by atoms with Crippen LogP contribution in [0.15, 0.2) is 79.8 Å². The number of nitrogens with zero attached hydrogens (tertiary/aromatic N) is 9. The highest BCUT2D eigenvalue weighted by Crippen LogP contribution is 2.33. The number of carbonyl (C=O) groups is 1. The van der Waals surface area contributed by atoms with Crippen molar-refractivity contribution in [1.82, 2.24) is 45.1 Å². The normalized spacial score (nSPS) is 12.4. The molecule has 0 bridgehead atoms. The Morgan fingerprint density at radius 3 is 2.62 bits per heavy atom. The average molecular weight is 639 g/mol. The topological polar surface area (TPSA) is 150 Å². The molecule has 0 aliphatic rings. The Hall–Kier alpha value is -5.51. The van der Waals surface area contributed by atoms with Gasteiger partial charge in [0.1, 0.15) is 22.5 Å². The first-order valence-corrected chi connectivity index (χ1v) is 13.6. The molecule has 5 heterocycles. The molecule has 3 N–H and O–H groups in total. The molecular formula is C28H21ClF4N11O+. The van der Waals surface area contributed by atoms with Crippen LogP contribution in [0, 0.1) is 5.82 Å². The van der Waals surface area contributed by atoms with Crippen molar-refractivity contribution >= 4 is 17.5 Å². The van der Waals surface area contributed by atoms with E-state index in [0.29, 0.717) is 28.2 Å². The molecule has 0 aliphatic heterocycles. The number of carbonyl (C=O) groups excluding carboxylic acids is 1. The van der Waals surface area contributed by atoms with Crippen molar-refractivity contribution in [2.45, 2.75) is 25.2 Å². The van der Waals surface area contributed by atoms with Gasteiger partial charge in [-0.05, 0) is 42.0 Å². The Labute approximate surface area is 256 Å². The first kappa shape index (κ1) is 29.6. The molecule has 0 radical (unpaired) electrons. The Kier molecular flexibility index (Phi) is 7.80. The van der Waals surface area contributed by atoms with Gasteiger partial charge in [-0.2, -0.15) is 23.4 Å². The fourth-order valence-electron chi connectivity index (χ4n) is 4.75. The van der Waals surface area contributed by atoms with Crippen molar-refractivity contribution < 1.29 is 27.0 Å². The maximum Gasteiger partial charge on any atom is 0.433 e. The summed E-state index contributed by atoms with van der Waals surface area (Å²) in [5.74, 6) is -1.22. The van der Waals surface area contributed by atoms with Gasteiger partial charge in [-0.3, -0.25) is 24.1 Å². The number of H-pyrrole nitrogens is 1. The molecule has 12 nitrogen and oxygen atoms in total. The number of hydrogen-bond acceptors (Lipinski definition) is 7. The highest BCUT2D eigenvalue weighted by Gasteiger charge is 2.32. The van der Waals surface area contributed by atoms with E-state index < -0.39 is 29.6 Å². The zero-order chi connectivity index (χ0) is 31.7. The fourth-order valence-corrected chi connectivity index (χ4v) is 4.91. The van der Waals surface area contributed by atoms with Crippen LogP contribution in [0.1, 0.15) is 23.1 Å². The van der Waals surface area contributed by atoms with Crippen LogP contribution in [0.4, 0.5) is 17.6 Å². The molecule has 6 rings (SSSR count). The average Bonchev–Trinajstić information content (AvgIpc) is 3.80. The van der Waals surface area contributed by atoms with E-state index in [1.807, 2.05) is 0 Å². The van der Waals surface area contributed by atoms with Crippen molar-refractivity contribution in [2.24, 2.45) is 5.73 Å². The minimum absolute atomic E-state index is 0.0580. The number of nitrogens with two attached hydrogens (primary N) is 1. The van der Waals surface area contributed by atoms with Crippen molar-refractivity contribution in [2.75, 3.05) is 0 Å². The van der Waals surface area contributed by atoms with Crippen LogP contribution in [0.25, 0.3) is 27.9 Å². The standard InChI is InChI=1S/C28H20ClF4N11O/c29-20-2-4-22(44-15-37-40-41-44)26(27(20)30)17-1-3-21(36-11-17)23(14-42-8-6-19(39-42)10-25(34)45)43-13-18(12-38-43)16-5-7-35-24(9-16)28(31,32)33/h1-9,11-13,15,23H,10,14H2,(H2,34,45)/p+1. The van der Waals surface area contributed by atoms with Gasteiger partial charge in [0.05, 0.1) is 41.1 Å². The molecule has 1 atom stereocenters. The van der Waals surface area contributed by atoms with E-state index >= 15 is 4.39 Å². The summed E-state index contributed by atoms with van der Waals surface area (Å²) in [6.45, 7) is 0.169. The van der Waals surface area contributed by atoms with Gasteiger partial charge in [-0.25, -0.2) is 4.39 Å². The fraction of sp³-hybridized carbons (Fsp3) is 0.143. The summed E-state index contributed by atoms with van der Waals surface area (Å²) in [7, 11) is 0. The molecule has 45 heavy (non-hydrogen) atoms. The molecule has 5 aromatic heterocycles. The zero-order valence-electron chi connectivity index (χ0n) is 22.9. The zero-order valence-corrected chi connectivity index (χ0v) is 23.7. The van der Waals surface area contributed by atoms with Crippen LogP contribution in [0.2, 0.25) is 5.02 Å². The first-order chi connectivity index (χ1) is 21.6. The summed E-state index contributed by atoms with van der Waals surface area (Å²) in [5, 5.41) is 18.8. The van der Waals surface area contributed by atoms with Gasteiger partial charge in [0, 0.05) is 35.9 Å². The Morgan fingerprint density at radius 2 is 1.91 bits per heavy atom. The third kappa shape index (κ3) is 6.26. The van der Waals surface area contributed by atoms with Crippen LogP contribution in [0.3, 0.4) is 0 Å². The van der Waals surface area contributed by atoms with Gasteiger partial charge < -0.3 is 5.73 Å². The number of aromatic nitrogens is 10. The van der Waals surface area contributed by atoms with Gasteiger partial charge in [0.2, 0.25) is 5.91 Å². The van der Waals surface area contributed by atoms with Crippen LogP contribution in [-0.4, -0.2) is 51.0 Å². The summed E-state index contributed by atoms with van der Waals surface area (Å²) in [6.07, 6.45) is 3.92. The largest absolute Gasteiger partial charge is 0.433 e. The van der Waals surface area contributed by atoms with E-state index in [9.17, 15) is 18.0 Å². The summed E-state index contributed by atoms with van der Waals surface area (Å²) in [6, 6.07) is 9.75. The Bertz CT molecular complexity index is 1970. The van der Waals surface area contributed by atoms with Gasteiger partial charge in [0.25, 0.3) is 6.33 Å². The number of benzene rings is 1. The quantitative estimate of drug-likeness (QED) is 0.181. The number of primary amides is 1. The highest BCUT2D eigenvalue weighted by molar-refractivity contribution is 6.31. The monoisotopic (exact) mass is 638 g/mol. The van der Waals surface area contributed by atoms with Gasteiger partial charge in [0.15, 0.2) is 11.0 Å². The van der Waals surface area contributed by atoms with E-state index in [0.717, 1.165) is 12.3 Å². The van der Waals surface area contributed by atoms with Crippen molar-refractivity contribution in [3.63, 3.8) is 0 Å². The van der Waals surface area contributed by atoms with Gasteiger partial charge in [-0.1, -0.05) is 22.9 Å². The summed E-state index contributed by atoms with van der Waals surface area (Å²) in [5.41, 5.74) is 6.82.